The molecule has 0 unspecified atom stereocenters. The van der Waals surface area contributed by atoms with Gasteiger partial charge in [0.25, 0.3) is 5.56 Å². The van der Waals surface area contributed by atoms with E-state index in [1.807, 2.05) is 18.2 Å². The molecule has 0 saturated heterocycles. The molecule has 16 heavy (non-hydrogen) atoms. The Morgan fingerprint density at radius 2 is 2.12 bits per heavy atom. The standard InChI is InChI=1S/C13H11NOS/c1-2-8-7-16-12-11(8)9-5-3-4-6-10(9)14-13(12)15/h3-7H,2H2,1H3,(H,14,15). The molecule has 3 aromatic rings. The molecule has 1 N–H and O–H groups in total. The summed E-state index contributed by atoms with van der Waals surface area (Å²) < 4.78 is 0.843. The van der Waals surface area contributed by atoms with Crippen LogP contribution in [-0.2, 0) is 6.42 Å². The highest BCUT2D eigenvalue weighted by molar-refractivity contribution is 7.17. The summed E-state index contributed by atoms with van der Waals surface area (Å²) >= 11 is 1.54. The smallest absolute Gasteiger partial charge is 0.266 e. The van der Waals surface area contributed by atoms with Crippen LogP contribution in [0.5, 0.6) is 0 Å². The van der Waals surface area contributed by atoms with E-state index in [-0.39, 0.29) is 5.56 Å². The zero-order valence-electron chi connectivity index (χ0n) is 8.91. The van der Waals surface area contributed by atoms with Crippen LogP contribution in [0.2, 0.25) is 0 Å². The van der Waals surface area contributed by atoms with E-state index < -0.39 is 0 Å². The van der Waals surface area contributed by atoms with Crippen molar-refractivity contribution in [2.24, 2.45) is 0 Å². The molecule has 3 heteroatoms. The summed E-state index contributed by atoms with van der Waals surface area (Å²) in [4.78, 5) is 14.8. The fourth-order valence-electron chi connectivity index (χ4n) is 2.11. The number of benzene rings is 1. The molecule has 80 valence electrons. The van der Waals surface area contributed by atoms with Gasteiger partial charge in [-0.25, -0.2) is 0 Å². The van der Waals surface area contributed by atoms with Crippen molar-refractivity contribution in [2.45, 2.75) is 13.3 Å². The largest absolute Gasteiger partial charge is 0.321 e. The molecule has 2 heterocycles. The second-order valence-electron chi connectivity index (χ2n) is 3.82. The summed E-state index contributed by atoms with van der Waals surface area (Å²) in [6.07, 6.45) is 0.966. The molecule has 2 aromatic heterocycles. The lowest BCUT2D eigenvalue weighted by Crippen LogP contribution is -2.04. The van der Waals surface area contributed by atoms with Gasteiger partial charge >= 0.3 is 0 Å². The van der Waals surface area contributed by atoms with E-state index in [9.17, 15) is 4.79 Å². The number of pyridine rings is 1. The third kappa shape index (κ3) is 1.21. The first-order chi connectivity index (χ1) is 7.81. The molecule has 1 aromatic carbocycles. The zero-order chi connectivity index (χ0) is 11.1. The molecule has 0 bridgehead atoms. The molecule has 0 aliphatic rings. The van der Waals surface area contributed by atoms with E-state index in [1.165, 1.54) is 16.9 Å². The summed E-state index contributed by atoms with van der Waals surface area (Å²) in [6, 6.07) is 7.98. The Hall–Kier alpha value is -1.61. The minimum absolute atomic E-state index is 0.0263. The summed E-state index contributed by atoms with van der Waals surface area (Å²) in [5.74, 6) is 0. The summed E-state index contributed by atoms with van der Waals surface area (Å²) in [6.45, 7) is 2.12. The van der Waals surface area contributed by atoms with Crippen LogP contribution in [0.3, 0.4) is 0 Å². The Labute approximate surface area is 96.5 Å². The number of thiophene rings is 1. The topological polar surface area (TPSA) is 32.9 Å². The number of para-hydroxylation sites is 1. The van der Waals surface area contributed by atoms with Gasteiger partial charge in [-0.1, -0.05) is 25.1 Å². The van der Waals surface area contributed by atoms with Crippen molar-refractivity contribution in [3.05, 3.63) is 45.6 Å². The number of rotatable bonds is 1. The van der Waals surface area contributed by atoms with E-state index in [0.29, 0.717) is 0 Å². The monoisotopic (exact) mass is 229 g/mol. The molecule has 2 nitrogen and oxygen atoms in total. The van der Waals surface area contributed by atoms with Crippen molar-refractivity contribution in [3.63, 3.8) is 0 Å². The number of aryl methyl sites for hydroxylation is 1. The first kappa shape index (κ1) is 9.60. The molecule has 0 atom stereocenters. The maximum Gasteiger partial charge on any atom is 0.266 e. The van der Waals surface area contributed by atoms with Crippen LogP contribution < -0.4 is 5.56 Å². The van der Waals surface area contributed by atoms with Gasteiger partial charge in [-0.15, -0.1) is 11.3 Å². The van der Waals surface area contributed by atoms with Gasteiger partial charge in [0.15, 0.2) is 0 Å². The number of aromatic amines is 1. The second kappa shape index (κ2) is 3.46. The highest BCUT2D eigenvalue weighted by atomic mass is 32.1. The minimum atomic E-state index is 0.0263. The summed E-state index contributed by atoms with van der Waals surface area (Å²) in [5, 5.41) is 4.37. The SMILES string of the molecule is CCc1csc2c(=O)[nH]c3ccccc3c12. The molecule has 0 aliphatic carbocycles. The van der Waals surface area contributed by atoms with E-state index >= 15 is 0 Å². The van der Waals surface area contributed by atoms with Crippen molar-refractivity contribution in [2.75, 3.05) is 0 Å². The van der Waals surface area contributed by atoms with Gasteiger partial charge in [0.05, 0.1) is 0 Å². The number of fused-ring (bicyclic) bond motifs is 3. The Balaban J connectivity index is 2.65. The fraction of sp³-hybridized carbons (Fsp3) is 0.154. The fourth-order valence-corrected chi connectivity index (χ4v) is 3.17. The van der Waals surface area contributed by atoms with Gasteiger partial charge in [0.2, 0.25) is 0 Å². The lowest BCUT2D eigenvalue weighted by molar-refractivity contribution is 1.17. The number of hydrogen-bond donors (Lipinski definition) is 1. The van der Waals surface area contributed by atoms with E-state index in [1.54, 1.807) is 0 Å². The molecule has 0 spiro atoms. The first-order valence-electron chi connectivity index (χ1n) is 5.32. The van der Waals surface area contributed by atoms with Crippen molar-refractivity contribution in [3.8, 4) is 0 Å². The van der Waals surface area contributed by atoms with Crippen LogP contribution in [0, 0.1) is 0 Å². The van der Waals surface area contributed by atoms with Gasteiger partial charge < -0.3 is 4.98 Å². The quantitative estimate of drug-likeness (QED) is 0.682. The predicted octanol–water partition coefficient (Wildman–Crippen LogP) is 3.31. The highest BCUT2D eigenvalue weighted by Crippen LogP contribution is 2.29. The van der Waals surface area contributed by atoms with Crippen LogP contribution in [0.25, 0.3) is 21.0 Å². The number of hydrogen-bond acceptors (Lipinski definition) is 2. The lowest BCUT2D eigenvalue weighted by atomic mass is 10.1. The molecule has 3 rings (SSSR count). The maximum absolute atomic E-state index is 11.9. The van der Waals surface area contributed by atoms with Crippen molar-refractivity contribution in [1.29, 1.82) is 0 Å². The van der Waals surface area contributed by atoms with E-state index in [0.717, 1.165) is 27.4 Å². The Bertz CT molecular complexity index is 723. The van der Waals surface area contributed by atoms with Crippen LogP contribution in [0.15, 0.2) is 34.4 Å². The van der Waals surface area contributed by atoms with Gasteiger partial charge in [0.1, 0.15) is 4.70 Å². The Morgan fingerprint density at radius 1 is 1.31 bits per heavy atom. The van der Waals surface area contributed by atoms with Crippen LogP contribution in [-0.4, -0.2) is 4.98 Å². The summed E-state index contributed by atoms with van der Waals surface area (Å²) in [5.41, 5.74) is 2.22. The minimum Gasteiger partial charge on any atom is -0.321 e. The number of nitrogens with one attached hydrogen (secondary N) is 1. The van der Waals surface area contributed by atoms with Gasteiger partial charge in [-0.2, -0.15) is 0 Å². The first-order valence-corrected chi connectivity index (χ1v) is 6.20. The third-order valence-corrected chi connectivity index (χ3v) is 3.93. The van der Waals surface area contributed by atoms with Gasteiger partial charge in [-0.05, 0) is 23.4 Å². The number of aromatic nitrogens is 1. The molecule has 0 radical (unpaired) electrons. The summed E-state index contributed by atoms with van der Waals surface area (Å²) in [7, 11) is 0. The molecular weight excluding hydrogens is 218 g/mol. The normalized spacial score (nSPS) is 11.3. The molecule has 0 saturated carbocycles. The molecule has 0 fully saturated rings. The van der Waals surface area contributed by atoms with Gasteiger partial charge in [-0.3, -0.25) is 4.79 Å². The van der Waals surface area contributed by atoms with Crippen LogP contribution >= 0.6 is 11.3 Å². The predicted molar refractivity (Wildman–Crippen MR) is 69.3 cm³/mol. The molecular formula is C13H11NOS. The number of H-pyrrole nitrogens is 1. The van der Waals surface area contributed by atoms with Crippen molar-refractivity contribution < 1.29 is 0 Å². The second-order valence-corrected chi connectivity index (χ2v) is 4.70. The van der Waals surface area contributed by atoms with Crippen LogP contribution in [0.1, 0.15) is 12.5 Å². The average Bonchev–Trinajstić information content (AvgIpc) is 2.74. The molecule has 0 aliphatic heterocycles. The zero-order valence-corrected chi connectivity index (χ0v) is 9.73. The Kier molecular flexibility index (Phi) is 2.07. The lowest BCUT2D eigenvalue weighted by Gasteiger charge is -2.01. The van der Waals surface area contributed by atoms with E-state index in [4.69, 9.17) is 0 Å². The van der Waals surface area contributed by atoms with Crippen molar-refractivity contribution in [1.82, 2.24) is 4.98 Å². The third-order valence-electron chi connectivity index (χ3n) is 2.90. The van der Waals surface area contributed by atoms with E-state index in [2.05, 4.69) is 23.4 Å². The molecule has 0 amide bonds. The average molecular weight is 229 g/mol. The Morgan fingerprint density at radius 3 is 2.94 bits per heavy atom. The maximum atomic E-state index is 11.9. The highest BCUT2D eigenvalue weighted by Gasteiger charge is 2.09. The van der Waals surface area contributed by atoms with Gasteiger partial charge in [0, 0.05) is 16.3 Å². The van der Waals surface area contributed by atoms with Crippen LogP contribution in [0.4, 0.5) is 0 Å². The van der Waals surface area contributed by atoms with Crippen molar-refractivity contribution >= 4 is 32.3 Å².